The molecule has 16 nitrogen and oxygen atoms in total. The maximum Gasteiger partial charge on any atom is 0.322 e. The van der Waals surface area contributed by atoms with E-state index in [1.165, 1.54) is 12.1 Å². The molecule has 0 saturated carbocycles. The summed E-state index contributed by atoms with van der Waals surface area (Å²) in [4.78, 5) is 83.1. The summed E-state index contributed by atoms with van der Waals surface area (Å²) in [5.41, 5.74) is -0.478. The van der Waals surface area contributed by atoms with Crippen molar-refractivity contribution in [2.24, 2.45) is 0 Å². The molecule has 17 heteroatoms. The maximum atomic E-state index is 12.1. The first-order valence-electron chi connectivity index (χ1n) is 10.5. The highest BCUT2D eigenvalue weighted by Crippen LogP contribution is 2.17. The molecule has 0 aliphatic heterocycles. The Bertz CT molecular complexity index is 1230. The third-order valence-electron chi connectivity index (χ3n) is 4.21. The Labute approximate surface area is 206 Å². The Morgan fingerprint density at radius 1 is 0.833 bits per heavy atom. The standard InChI is InChI=1S/C19H27N10O6P/c1-9-4-12(30)26-16(24-9)28-18(34)22-7-20-14(32)6-36-11(3)15(33)21-8-23-19(35)29-17-25-10(2)5-13(31)27-17/h4-5,11,36H,6-8H2,1-3H3,(H,20,32)(H,21,33)(H3,22,24,26,28,30,34)(H3,23,25,27,29,31,35). The first-order valence-corrected chi connectivity index (χ1v) is 11.8. The van der Waals surface area contributed by atoms with Crippen LogP contribution < -0.4 is 43.0 Å². The molecule has 2 atom stereocenters. The van der Waals surface area contributed by atoms with Crippen LogP contribution in [0.25, 0.3) is 0 Å². The Morgan fingerprint density at radius 3 is 1.78 bits per heavy atom. The zero-order valence-corrected chi connectivity index (χ0v) is 20.7. The molecule has 0 aliphatic rings. The highest BCUT2D eigenvalue weighted by Gasteiger charge is 2.15. The van der Waals surface area contributed by atoms with Crippen LogP contribution in [-0.2, 0) is 9.59 Å². The van der Waals surface area contributed by atoms with Gasteiger partial charge in [-0.05, 0) is 20.8 Å². The van der Waals surface area contributed by atoms with Gasteiger partial charge in [0.1, 0.15) is 0 Å². The summed E-state index contributed by atoms with van der Waals surface area (Å²) in [6, 6.07) is 1.18. The third-order valence-corrected chi connectivity index (χ3v) is 5.61. The summed E-state index contributed by atoms with van der Waals surface area (Å²) < 4.78 is 0. The predicted molar refractivity (Wildman–Crippen MR) is 132 cm³/mol. The molecule has 0 aromatic carbocycles. The molecule has 0 aliphatic carbocycles. The van der Waals surface area contributed by atoms with E-state index in [0.717, 1.165) is 0 Å². The monoisotopic (exact) mass is 522 g/mol. The molecule has 2 aromatic heterocycles. The minimum Gasteiger partial charge on any atom is -0.338 e. The second-order valence-corrected chi connectivity index (χ2v) is 8.96. The summed E-state index contributed by atoms with van der Waals surface area (Å²) >= 11 is 0. The number of carbonyl (C=O) groups excluding carboxylic acids is 4. The number of hydrogen-bond donors (Lipinski definition) is 8. The maximum absolute atomic E-state index is 12.1. The highest BCUT2D eigenvalue weighted by atomic mass is 31.1. The molecule has 2 aromatic rings. The molecule has 2 unspecified atom stereocenters. The van der Waals surface area contributed by atoms with E-state index in [-0.39, 0.29) is 51.8 Å². The van der Waals surface area contributed by atoms with Gasteiger partial charge in [-0.3, -0.25) is 39.8 Å². The minimum absolute atomic E-state index is 0.0288. The molecule has 194 valence electrons. The van der Waals surface area contributed by atoms with Crippen molar-refractivity contribution in [2.45, 2.75) is 26.4 Å². The van der Waals surface area contributed by atoms with Crippen LogP contribution >= 0.6 is 8.58 Å². The topological polar surface area (TPSA) is 232 Å². The Hall–Kier alpha value is -4.33. The van der Waals surface area contributed by atoms with E-state index < -0.39 is 28.8 Å². The van der Waals surface area contributed by atoms with Crippen LogP contribution in [-0.4, -0.2) is 69.0 Å². The average Bonchev–Trinajstić information content (AvgIpc) is 2.75. The first-order chi connectivity index (χ1) is 17.0. The average molecular weight is 522 g/mol. The molecule has 0 fully saturated rings. The molecule has 2 rings (SSSR count). The number of anilines is 2. The van der Waals surface area contributed by atoms with Gasteiger partial charge in [0.25, 0.3) is 11.1 Å². The van der Waals surface area contributed by atoms with Crippen molar-refractivity contribution in [1.82, 2.24) is 41.2 Å². The van der Waals surface area contributed by atoms with E-state index in [4.69, 9.17) is 0 Å². The minimum atomic E-state index is -0.681. The fourth-order valence-corrected chi connectivity index (χ4v) is 3.47. The number of nitrogens with zero attached hydrogens (tertiary/aromatic N) is 2. The normalized spacial score (nSPS) is 11.4. The number of H-pyrrole nitrogens is 2. The number of aryl methyl sites for hydroxylation is 2. The van der Waals surface area contributed by atoms with Gasteiger partial charge in [0.2, 0.25) is 23.7 Å². The van der Waals surface area contributed by atoms with E-state index in [2.05, 4.69) is 51.8 Å². The van der Waals surface area contributed by atoms with Gasteiger partial charge < -0.3 is 21.3 Å². The number of aromatic nitrogens is 4. The van der Waals surface area contributed by atoms with E-state index >= 15 is 0 Å². The largest absolute Gasteiger partial charge is 0.338 e. The van der Waals surface area contributed by atoms with Gasteiger partial charge in [-0.2, -0.15) is 0 Å². The van der Waals surface area contributed by atoms with Gasteiger partial charge in [0.15, 0.2) is 0 Å². The predicted octanol–water partition coefficient (Wildman–Crippen LogP) is -1.37. The molecule has 6 amide bonds. The van der Waals surface area contributed by atoms with Crippen LogP contribution in [0.3, 0.4) is 0 Å². The zero-order chi connectivity index (χ0) is 26.7. The van der Waals surface area contributed by atoms with Crippen molar-refractivity contribution in [3.8, 4) is 0 Å². The molecule has 0 saturated heterocycles. The zero-order valence-electron chi connectivity index (χ0n) is 19.7. The summed E-state index contributed by atoms with van der Waals surface area (Å²) in [6.07, 6.45) is 0.0466. The van der Waals surface area contributed by atoms with Gasteiger partial charge in [0, 0.05) is 29.7 Å². The lowest BCUT2D eigenvalue weighted by Gasteiger charge is -2.13. The number of aromatic amines is 2. The van der Waals surface area contributed by atoms with Crippen molar-refractivity contribution >= 4 is 44.4 Å². The van der Waals surface area contributed by atoms with Crippen molar-refractivity contribution in [1.29, 1.82) is 0 Å². The summed E-state index contributed by atoms with van der Waals surface area (Å²) in [7, 11) is -0.0523. The SMILES string of the molecule is Cc1cc(=O)[nH]c(NC(=O)NCNC(=O)CPC(C)C(=O)NCNC(=O)Nc2nc(C)cc(=O)[nH]2)n1. The summed E-state index contributed by atoms with van der Waals surface area (Å²) in [5, 5.41) is 14.4. The van der Waals surface area contributed by atoms with Crippen LogP contribution in [0.15, 0.2) is 21.7 Å². The van der Waals surface area contributed by atoms with Crippen LogP contribution in [0.2, 0.25) is 0 Å². The van der Waals surface area contributed by atoms with Crippen LogP contribution in [0, 0.1) is 13.8 Å². The number of carbonyl (C=O) groups is 4. The Balaban J connectivity index is 1.60. The van der Waals surface area contributed by atoms with Crippen molar-refractivity contribution in [2.75, 3.05) is 30.1 Å². The molecule has 36 heavy (non-hydrogen) atoms. The van der Waals surface area contributed by atoms with Gasteiger partial charge in [-0.25, -0.2) is 19.6 Å². The lowest BCUT2D eigenvalue weighted by atomic mass is 10.4. The number of rotatable bonds is 10. The van der Waals surface area contributed by atoms with E-state index in [9.17, 15) is 28.8 Å². The van der Waals surface area contributed by atoms with Crippen LogP contribution in [0.1, 0.15) is 18.3 Å². The number of urea groups is 2. The number of nitrogens with one attached hydrogen (secondary N) is 8. The van der Waals surface area contributed by atoms with Crippen molar-refractivity contribution in [3.05, 3.63) is 44.2 Å². The smallest absolute Gasteiger partial charge is 0.322 e. The van der Waals surface area contributed by atoms with E-state index in [1.54, 1.807) is 20.8 Å². The fourth-order valence-electron chi connectivity index (χ4n) is 2.57. The molecular weight excluding hydrogens is 495 g/mol. The molecule has 0 spiro atoms. The van der Waals surface area contributed by atoms with Crippen molar-refractivity contribution in [3.63, 3.8) is 0 Å². The lowest BCUT2D eigenvalue weighted by molar-refractivity contribution is -0.120. The Morgan fingerprint density at radius 2 is 1.31 bits per heavy atom. The van der Waals surface area contributed by atoms with Gasteiger partial charge in [-0.15, -0.1) is 0 Å². The fraction of sp³-hybridized carbons (Fsp3) is 0.368. The molecule has 0 radical (unpaired) electrons. The molecular formula is C19H27N10O6P. The van der Waals surface area contributed by atoms with E-state index in [0.29, 0.717) is 11.4 Å². The second kappa shape index (κ2) is 13.5. The van der Waals surface area contributed by atoms with Crippen LogP contribution in [0.5, 0.6) is 0 Å². The van der Waals surface area contributed by atoms with Crippen molar-refractivity contribution < 1.29 is 19.2 Å². The summed E-state index contributed by atoms with van der Waals surface area (Å²) in [5.74, 6) is -0.814. The second-order valence-electron chi connectivity index (χ2n) is 7.33. The molecule has 2 heterocycles. The molecule has 0 bridgehead atoms. The number of hydrogen-bond acceptors (Lipinski definition) is 8. The van der Waals surface area contributed by atoms with Crippen LogP contribution in [0.4, 0.5) is 21.5 Å². The molecule has 8 N–H and O–H groups in total. The van der Waals surface area contributed by atoms with Gasteiger partial charge >= 0.3 is 12.1 Å². The first kappa shape index (κ1) is 27.9. The van der Waals surface area contributed by atoms with Gasteiger partial charge in [0.05, 0.1) is 19.0 Å². The highest BCUT2D eigenvalue weighted by molar-refractivity contribution is 7.41. The lowest BCUT2D eigenvalue weighted by Crippen LogP contribution is -2.42. The third kappa shape index (κ3) is 10.3. The van der Waals surface area contributed by atoms with E-state index in [1.807, 2.05) is 0 Å². The number of amides is 6. The van der Waals surface area contributed by atoms with Gasteiger partial charge in [-0.1, -0.05) is 8.58 Å². The quantitative estimate of drug-likeness (QED) is 0.137. The Kier molecular flexibility index (Phi) is 10.5. The summed E-state index contributed by atoms with van der Waals surface area (Å²) in [6.45, 7) is 4.47.